The minimum Gasteiger partial charge on any atom is -0.497 e. The summed E-state index contributed by atoms with van der Waals surface area (Å²) in [5.41, 5.74) is 4.24. The van der Waals surface area contributed by atoms with Crippen LogP contribution in [-0.4, -0.2) is 24.8 Å². The average Bonchev–Trinajstić information content (AvgIpc) is 2.62. The van der Waals surface area contributed by atoms with Gasteiger partial charge in [-0.2, -0.15) is 0 Å². The predicted molar refractivity (Wildman–Crippen MR) is 90.2 cm³/mol. The molecular weight excluding hydrogens is 292 g/mol. The topological polar surface area (TPSA) is 70.6 Å². The van der Waals surface area contributed by atoms with E-state index in [0.717, 1.165) is 24.4 Å². The second-order valence-corrected chi connectivity index (χ2v) is 5.28. The zero-order chi connectivity index (χ0) is 16.7. The minimum absolute atomic E-state index is 0.390. The number of carbonyl (C=O) groups excluding carboxylic acids is 1. The van der Waals surface area contributed by atoms with Gasteiger partial charge >= 0.3 is 0 Å². The fraction of sp³-hybridized carbons (Fsp3) is 0.278. The van der Waals surface area contributed by atoms with E-state index in [1.165, 1.54) is 5.56 Å². The van der Waals surface area contributed by atoms with Crippen molar-refractivity contribution in [3.63, 3.8) is 0 Å². The van der Waals surface area contributed by atoms with Crippen LogP contribution >= 0.6 is 0 Å². The highest BCUT2D eigenvalue weighted by Gasteiger charge is 2.10. The molecule has 0 spiro atoms. The molecule has 3 N–H and O–H groups in total. The summed E-state index contributed by atoms with van der Waals surface area (Å²) < 4.78 is 5.19. The molecular formula is C18H22N2O3. The maximum atomic E-state index is 11.3. The zero-order valence-electron chi connectivity index (χ0n) is 13.4. The van der Waals surface area contributed by atoms with E-state index in [1.54, 1.807) is 24.7 Å². The first-order chi connectivity index (χ1) is 11.2. The molecule has 2 aromatic carbocycles. The van der Waals surface area contributed by atoms with Crippen molar-refractivity contribution in [2.75, 3.05) is 19.0 Å². The van der Waals surface area contributed by atoms with Crippen molar-refractivity contribution in [1.82, 2.24) is 5.48 Å². The molecule has 0 saturated carbocycles. The number of hydrogen-bond acceptors (Lipinski definition) is 4. The lowest BCUT2D eigenvalue weighted by Gasteiger charge is -2.17. The van der Waals surface area contributed by atoms with Gasteiger partial charge < -0.3 is 10.1 Å². The molecule has 0 aromatic heterocycles. The minimum atomic E-state index is -0.513. The van der Waals surface area contributed by atoms with Crippen LogP contribution in [0.25, 0.3) is 0 Å². The van der Waals surface area contributed by atoms with Crippen molar-refractivity contribution in [3.05, 3.63) is 59.7 Å². The Kier molecular flexibility index (Phi) is 6.00. The van der Waals surface area contributed by atoms with Gasteiger partial charge in [-0.05, 0) is 48.4 Å². The second kappa shape index (κ2) is 8.19. The fourth-order valence-electron chi connectivity index (χ4n) is 2.42. The SMILES string of the molecule is CCC(CNc1ccc(C(=O)NO)cc1)c1ccc(OC)cc1. The molecule has 1 amide bonds. The van der Waals surface area contributed by atoms with Crippen LogP contribution in [0.2, 0.25) is 0 Å². The Morgan fingerprint density at radius 1 is 1.13 bits per heavy atom. The van der Waals surface area contributed by atoms with Crippen LogP contribution in [0.5, 0.6) is 5.75 Å². The van der Waals surface area contributed by atoms with E-state index >= 15 is 0 Å². The standard InChI is InChI=1S/C18H22N2O3/c1-3-13(14-6-10-17(23-2)11-7-14)12-19-16-8-4-15(5-9-16)18(21)20-22/h4-11,13,19,22H,3,12H2,1-2H3,(H,20,21). The molecule has 2 aromatic rings. The molecule has 1 atom stereocenters. The number of benzene rings is 2. The van der Waals surface area contributed by atoms with Crippen LogP contribution in [0.1, 0.15) is 35.2 Å². The third kappa shape index (κ3) is 4.47. The molecule has 122 valence electrons. The highest BCUT2D eigenvalue weighted by molar-refractivity contribution is 5.93. The van der Waals surface area contributed by atoms with Crippen LogP contribution in [0.4, 0.5) is 5.69 Å². The molecule has 5 nitrogen and oxygen atoms in total. The normalized spacial score (nSPS) is 11.6. The monoisotopic (exact) mass is 314 g/mol. The van der Waals surface area contributed by atoms with Gasteiger partial charge in [0.2, 0.25) is 0 Å². The average molecular weight is 314 g/mol. The Morgan fingerprint density at radius 2 is 1.78 bits per heavy atom. The Labute approximate surface area is 136 Å². The van der Waals surface area contributed by atoms with Crippen molar-refractivity contribution in [1.29, 1.82) is 0 Å². The Morgan fingerprint density at radius 3 is 2.30 bits per heavy atom. The van der Waals surface area contributed by atoms with E-state index in [-0.39, 0.29) is 0 Å². The summed E-state index contributed by atoms with van der Waals surface area (Å²) in [7, 11) is 1.66. The summed E-state index contributed by atoms with van der Waals surface area (Å²) in [4.78, 5) is 11.3. The number of anilines is 1. The van der Waals surface area contributed by atoms with Gasteiger partial charge in [-0.15, -0.1) is 0 Å². The van der Waals surface area contributed by atoms with E-state index in [4.69, 9.17) is 9.94 Å². The van der Waals surface area contributed by atoms with Crippen LogP contribution in [0, 0.1) is 0 Å². The molecule has 0 radical (unpaired) electrons. The molecule has 5 heteroatoms. The highest BCUT2D eigenvalue weighted by atomic mass is 16.5. The van der Waals surface area contributed by atoms with Crippen molar-refractivity contribution in [2.24, 2.45) is 0 Å². The van der Waals surface area contributed by atoms with E-state index in [9.17, 15) is 4.79 Å². The zero-order valence-corrected chi connectivity index (χ0v) is 13.4. The van der Waals surface area contributed by atoms with Gasteiger partial charge in [-0.3, -0.25) is 10.0 Å². The number of hydrogen-bond donors (Lipinski definition) is 3. The van der Waals surface area contributed by atoms with Gasteiger partial charge in [-0.1, -0.05) is 19.1 Å². The molecule has 1 unspecified atom stereocenters. The molecule has 2 rings (SSSR count). The van der Waals surface area contributed by atoms with Crippen molar-refractivity contribution < 1.29 is 14.7 Å². The summed E-state index contributed by atoms with van der Waals surface area (Å²) in [6.45, 7) is 2.96. The first-order valence-corrected chi connectivity index (χ1v) is 7.60. The summed E-state index contributed by atoms with van der Waals surface area (Å²) in [6, 6.07) is 15.1. The van der Waals surface area contributed by atoms with E-state index < -0.39 is 5.91 Å². The van der Waals surface area contributed by atoms with Crippen LogP contribution in [0.3, 0.4) is 0 Å². The Balaban J connectivity index is 1.98. The molecule has 0 fully saturated rings. The quantitative estimate of drug-likeness (QED) is 0.541. The maximum Gasteiger partial charge on any atom is 0.274 e. The van der Waals surface area contributed by atoms with Gasteiger partial charge in [0.15, 0.2) is 0 Å². The van der Waals surface area contributed by atoms with Crippen molar-refractivity contribution in [2.45, 2.75) is 19.3 Å². The van der Waals surface area contributed by atoms with Gasteiger partial charge in [-0.25, -0.2) is 5.48 Å². The molecule has 0 saturated heterocycles. The van der Waals surface area contributed by atoms with Crippen LogP contribution in [0.15, 0.2) is 48.5 Å². The highest BCUT2D eigenvalue weighted by Crippen LogP contribution is 2.23. The molecule has 0 bridgehead atoms. The molecule has 0 aliphatic rings. The lowest BCUT2D eigenvalue weighted by Crippen LogP contribution is -2.18. The lowest BCUT2D eigenvalue weighted by atomic mass is 9.96. The first kappa shape index (κ1) is 16.8. The Hall–Kier alpha value is -2.53. The molecule has 0 heterocycles. The van der Waals surface area contributed by atoms with Crippen molar-refractivity contribution >= 4 is 11.6 Å². The first-order valence-electron chi connectivity index (χ1n) is 7.60. The van der Waals surface area contributed by atoms with Gasteiger partial charge in [0.05, 0.1) is 7.11 Å². The van der Waals surface area contributed by atoms with E-state index in [2.05, 4.69) is 24.4 Å². The van der Waals surface area contributed by atoms with Gasteiger partial charge in [0.25, 0.3) is 5.91 Å². The molecule has 23 heavy (non-hydrogen) atoms. The van der Waals surface area contributed by atoms with E-state index in [1.807, 2.05) is 24.3 Å². The summed E-state index contributed by atoms with van der Waals surface area (Å²) >= 11 is 0. The number of nitrogens with one attached hydrogen (secondary N) is 2. The smallest absolute Gasteiger partial charge is 0.274 e. The summed E-state index contributed by atoms with van der Waals surface area (Å²) in [6.07, 6.45) is 1.02. The predicted octanol–water partition coefficient (Wildman–Crippen LogP) is 3.42. The molecule has 0 aliphatic carbocycles. The van der Waals surface area contributed by atoms with Crippen LogP contribution < -0.4 is 15.5 Å². The fourth-order valence-corrected chi connectivity index (χ4v) is 2.42. The van der Waals surface area contributed by atoms with Gasteiger partial charge in [0.1, 0.15) is 5.75 Å². The van der Waals surface area contributed by atoms with E-state index in [0.29, 0.717) is 11.5 Å². The number of rotatable bonds is 7. The lowest BCUT2D eigenvalue weighted by molar-refractivity contribution is 0.0706. The third-order valence-electron chi connectivity index (χ3n) is 3.88. The second-order valence-electron chi connectivity index (χ2n) is 5.28. The maximum absolute atomic E-state index is 11.3. The Bertz CT molecular complexity index is 624. The largest absolute Gasteiger partial charge is 0.497 e. The number of methoxy groups -OCH3 is 1. The third-order valence-corrected chi connectivity index (χ3v) is 3.88. The number of amides is 1. The van der Waals surface area contributed by atoms with Crippen molar-refractivity contribution in [3.8, 4) is 5.75 Å². The number of hydroxylamine groups is 1. The van der Waals surface area contributed by atoms with Crippen LogP contribution in [-0.2, 0) is 0 Å². The van der Waals surface area contributed by atoms with Gasteiger partial charge in [0, 0.05) is 23.7 Å². The number of ether oxygens (including phenoxy) is 1. The number of carbonyl (C=O) groups is 1. The molecule has 0 aliphatic heterocycles. The summed E-state index contributed by atoms with van der Waals surface area (Å²) in [5.74, 6) is 0.733. The summed E-state index contributed by atoms with van der Waals surface area (Å²) in [5, 5.41) is 12.0.